The molecule has 0 radical (unpaired) electrons. The van der Waals surface area contributed by atoms with Crippen LogP contribution in [-0.4, -0.2) is 31.8 Å². The van der Waals surface area contributed by atoms with E-state index in [1.165, 1.54) is 0 Å². The lowest BCUT2D eigenvalue weighted by Crippen LogP contribution is -2.14. The monoisotopic (exact) mass is 221 g/mol. The zero-order valence-corrected chi connectivity index (χ0v) is 8.66. The van der Waals surface area contributed by atoms with Gasteiger partial charge in [-0.3, -0.25) is 0 Å². The number of aryl methyl sites for hydroxylation is 1. The molecule has 84 valence electrons. The maximum atomic E-state index is 8.82. The first-order valence-electron chi connectivity index (χ1n) is 4.69. The molecule has 2 rings (SSSR count). The van der Waals surface area contributed by atoms with Crippen LogP contribution in [0.4, 0.5) is 0 Å². The maximum absolute atomic E-state index is 8.82. The number of hydrogen-bond acceptors (Lipinski definition) is 7. The molecule has 2 aromatic rings. The first-order valence-corrected chi connectivity index (χ1v) is 4.69. The molecule has 2 aromatic heterocycles. The molecule has 0 spiro atoms. The second-order valence-electron chi connectivity index (χ2n) is 3.33. The van der Waals surface area contributed by atoms with Gasteiger partial charge >= 0.3 is 0 Å². The van der Waals surface area contributed by atoms with Crippen LogP contribution in [0, 0.1) is 6.92 Å². The summed E-state index contributed by atoms with van der Waals surface area (Å²) in [5, 5.41) is 12.5. The predicted octanol–water partition coefficient (Wildman–Crippen LogP) is -0.173. The van der Waals surface area contributed by atoms with E-state index in [9.17, 15) is 0 Å². The van der Waals surface area contributed by atoms with E-state index in [0.717, 1.165) is 5.56 Å². The van der Waals surface area contributed by atoms with Crippen molar-refractivity contribution in [3.05, 3.63) is 23.8 Å². The third kappa shape index (κ3) is 2.05. The smallest absolute Gasteiger partial charge is 0.246 e. The number of aliphatic hydroxyl groups is 1. The fourth-order valence-corrected chi connectivity index (χ4v) is 1.06. The van der Waals surface area contributed by atoms with Crippen molar-refractivity contribution >= 4 is 0 Å². The van der Waals surface area contributed by atoms with E-state index in [2.05, 4.69) is 20.1 Å². The predicted molar refractivity (Wildman–Crippen MR) is 54.1 cm³/mol. The zero-order chi connectivity index (χ0) is 11.5. The first-order chi connectivity index (χ1) is 7.70. The molecule has 1 unspecified atom stereocenters. The Hall–Kier alpha value is -1.86. The van der Waals surface area contributed by atoms with Gasteiger partial charge in [0.2, 0.25) is 17.5 Å². The van der Waals surface area contributed by atoms with Gasteiger partial charge in [0.25, 0.3) is 0 Å². The Bertz CT molecular complexity index is 467. The Labute approximate surface area is 91.3 Å². The molecule has 0 aromatic carbocycles. The Kier molecular flexibility index (Phi) is 2.88. The number of rotatable bonds is 3. The molecular weight excluding hydrogens is 210 g/mol. The second-order valence-corrected chi connectivity index (χ2v) is 3.33. The molecule has 0 bridgehead atoms. The van der Waals surface area contributed by atoms with Crippen LogP contribution in [0.25, 0.3) is 11.6 Å². The summed E-state index contributed by atoms with van der Waals surface area (Å²) in [6.45, 7) is 1.63. The second kappa shape index (κ2) is 4.33. The molecule has 7 heteroatoms. The highest BCUT2D eigenvalue weighted by Crippen LogP contribution is 2.13. The summed E-state index contributed by atoms with van der Waals surface area (Å²) >= 11 is 0. The molecule has 3 N–H and O–H groups in total. The first kappa shape index (κ1) is 10.7. The molecule has 0 fully saturated rings. The van der Waals surface area contributed by atoms with Crippen LogP contribution < -0.4 is 5.73 Å². The largest absolute Gasteiger partial charge is 0.394 e. The summed E-state index contributed by atoms with van der Waals surface area (Å²) in [5.41, 5.74) is 6.47. The molecular formula is C9H11N5O2. The summed E-state index contributed by atoms with van der Waals surface area (Å²) in [5.74, 6) is 0.798. The van der Waals surface area contributed by atoms with Gasteiger partial charge in [-0.15, -0.1) is 0 Å². The van der Waals surface area contributed by atoms with Crippen molar-refractivity contribution in [2.45, 2.75) is 13.0 Å². The van der Waals surface area contributed by atoms with Crippen LogP contribution >= 0.6 is 0 Å². The van der Waals surface area contributed by atoms with Crippen molar-refractivity contribution in [2.24, 2.45) is 5.73 Å². The Morgan fingerprint density at radius 1 is 1.38 bits per heavy atom. The molecule has 16 heavy (non-hydrogen) atoms. The minimum Gasteiger partial charge on any atom is -0.394 e. The van der Waals surface area contributed by atoms with E-state index in [1.807, 2.05) is 6.92 Å². The Morgan fingerprint density at radius 2 is 2.06 bits per heavy atom. The van der Waals surface area contributed by atoms with Crippen molar-refractivity contribution in [3.63, 3.8) is 0 Å². The fraction of sp³-hybridized carbons (Fsp3) is 0.333. The zero-order valence-electron chi connectivity index (χ0n) is 8.66. The Balaban J connectivity index is 2.28. The van der Waals surface area contributed by atoms with Gasteiger partial charge in [0.1, 0.15) is 6.04 Å². The summed E-state index contributed by atoms with van der Waals surface area (Å²) in [7, 11) is 0. The van der Waals surface area contributed by atoms with E-state index in [1.54, 1.807) is 12.4 Å². The van der Waals surface area contributed by atoms with Crippen LogP contribution in [0.15, 0.2) is 16.9 Å². The van der Waals surface area contributed by atoms with Crippen molar-refractivity contribution in [1.29, 1.82) is 0 Å². The number of aromatic nitrogens is 4. The van der Waals surface area contributed by atoms with Crippen LogP contribution in [0.3, 0.4) is 0 Å². The van der Waals surface area contributed by atoms with Crippen molar-refractivity contribution in [3.8, 4) is 11.6 Å². The quantitative estimate of drug-likeness (QED) is 0.739. The molecule has 0 aliphatic rings. The SMILES string of the molecule is Cc1cnc(-c2noc(C(N)CO)n2)nc1. The van der Waals surface area contributed by atoms with Crippen LogP contribution in [0.2, 0.25) is 0 Å². The Morgan fingerprint density at radius 3 is 2.69 bits per heavy atom. The van der Waals surface area contributed by atoms with Crippen LogP contribution in [0.5, 0.6) is 0 Å². The average molecular weight is 221 g/mol. The van der Waals surface area contributed by atoms with Crippen molar-refractivity contribution in [1.82, 2.24) is 20.1 Å². The molecule has 0 saturated heterocycles. The highest BCUT2D eigenvalue weighted by atomic mass is 16.5. The average Bonchev–Trinajstić information content (AvgIpc) is 2.78. The van der Waals surface area contributed by atoms with Gasteiger partial charge in [-0.1, -0.05) is 5.16 Å². The summed E-state index contributed by atoms with van der Waals surface area (Å²) in [6.07, 6.45) is 3.31. The maximum Gasteiger partial charge on any atom is 0.246 e. The van der Waals surface area contributed by atoms with Gasteiger partial charge < -0.3 is 15.4 Å². The molecule has 2 heterocycles. The number of nitrogens with zero attached hydrogens (tertiary/aromatic N) is 4. The van der Waals surface area contributed by atoms with Crippen molar-refractivity contribution < 1.29 is 9.63 Å². The highest BCUT2D eigenvalue weighted by Gasteiger charge is 2.15. The van der Waals surface area contributed by atoms with Gasteiger partial charge in [-0.25, -0.2) is 9.97 Å². The molecule has 7 nitrogen and oxygen atoms in total. The highest BCUT2D eigenvalue weighted by molar-refractivity contribution is 5.41. The number of nitrogens with two attached hydrogens (primary N) is 1. The minimum absolute atomic E-state index is 0.168. The minimum atomic E-state index is -0.674. The molecule has 0 amide bonds. The lowest BCUT2D eigenvalue weighted by atomic mass is 10.3. The summed E-state index contributed by atoms with van der Waals surface area (Å²) < 4.78 is 4.88. The van der Waals surface area contributed by atoms with E-state index >= 15 is 0 Å². The van der Waals surface area contributed by atoms with E-state index in [-0.39, 0.29) is 18.3 Å². The summed E-state index contributed by atoms with van der Waals surface area (Å²) in [4.78, 5) is 12.1. The topological polar surface area (TPSA) is 111 Å². The van der Waals surface area contributed by atoms with E-state index < -0.39 is 6.04 Å². The molecule has 0 aliphatic heterocycles. The normalized spacial score (nSPS) is 12.7. The van der Waals surface area contributed by atoms with Gasteiger partial charge in [-0.05, 0) is 12.5 Å². The molecule has 0 saturated carbocycles. The third-order valence-corrected chi connectivity index (χ3v) is 1.94. The summed E-state index contributed by atoms with van der Waals surface area (Å²) in [6, 6.07) is -0.674. The van der Waals surface area contributed by atoms with E-state index in [4.69, 9.17) is 15.4 Å². The van der Waals surface area contributed by atoms with Gasteiger partial charge in [0.15, 0.2) is 0 Å². The van der Waals surface area contributed by atoms with Gasteiger partial charge in [0, 0.05) is 12.4 Å². The van der Waals surface area contributed by atoms with Crippen molar-refractivity contribution in [2.75, 3.05) is 6.61 Å². The van der Waals surface area contributed by atoms with Gasteiger partial charge in [-0.2, -0.15) is 4.98 Å². The molecule has 0 aliphatic carbocycles. The van der Waals surface area contributed by atoms with E-state index in [0.29, 0.717) is 5.82 Å². The fourth-order valence-electron chi connectivity index (χ4n) is 1.06. The number of hydrogen-bond donors (Lipinski definition) is 2. The molecule has 1 atom stereocenters. The van der Waals surface area contributed by atoms with Crippen LogP contribution in [0.1, 0.15) is 17.5 Å². The lowest BCUT2D eigenvalue weighted by molar-refractivity contribution is 0.237. The van der Waals surface area contributed by atoms with Gasteiger partial charge in [0.05, 0.1) is 6.61 Å². The van der Waals surface area contributed by atoms with Crippen LogP contribution in [-0.2, 0) is 0 Å². The number of aliphatic hydroxyl groups excluding tert-OH is 1. The lowest BCUT2D eigenvalue weighted by Gasteiger charge is -1.98. The standard InChI is InChI=1S/C9H11N5O2/c1-5-2-11-7(12-3-5)8-13-9(16-14-8)6(10)4-15/h2-3,6,15H,4,10H2,1H3. The third-order valence-electron chi connectivity index (χ3n) is 1.94.